The molecule has 1 aliphatic carbocycles. The van der Waals surface area contributed by atoms with E-state index in [9.17, 15) is 9.59 Å². The Labute approximate surface area is 156 Å². The summed E-state index contributed by atoms with van der Waals surface area (Å²) in [6, 6.07) is 1.54. The molecule has 0 aromatic carbocycles. The SMILES string of the molecule is CCOC(=O)N1CC2(CCC(N3CCC(N4C(=O)CC[C@H]4C)CC3)C2)C1. The van der Waals surface area contributed by atoms with Gasteiger partial charge in [-0.25, -0.2) is 4.79 Å². The second-order valence-corrected chi connectivity index (χ2v) is 8.91. The Morgan fingerprint density at radius 2 is 1.88 bits per heavy atom. The highest BCUT2D eigenvalue weighted by Crippen LogP contribution is 2.47. The van der Waals surface area contributed by atoms with Gasteiger partial charge in [-0.1, -0.05) is 0 Å². The molecular weight excluding hydrogens is 330 g/mol. The quantitative estimate of drug-likeness (QED) is 0.773. The van der Waals surface area contributed by atoms with Crippen molar-refractivity contribution in [3.63, 3.8) is 0 Å². The van der Waals surface area contributed by atoms with Crippen LogP contribution in [0, 0.1) is 5.41 Å². The highest BCUT2D eigenvalue weighted by molar-refractivity contribution is 5.79. The molecule has 6 heteroatoms. The van der Waals surface area contributed by atoms with Gasteiger partial charge in [0.2, 0.25) is 5.91 Å². The van der Waals surface area contributed by atoms with Crippen molar-refractivity contribution in [1.82, 2.24) is 14.7 Å². The standard InChI is InChI=1S/C20H33N3O3/c1-3-26-19(25)22-13-20(14-22)9-6-17(12-20)21-10-7-16(8-11-21)23-15(2)4-5-18(23)24/h15-17H,3-14H2,1-2H3/t15-,17?/m1/s1. The summed E-state index contributed by atoms with van der Waals surface area (Å²) in [6.07, 6.45) is 7.56. The number of amides is 2. The number of hydrogen-bond donors (Lipinski definition) is 0. The molecule has 0 aromatic heterocycles. The van der Waals surface area contributed by atoms with Crippen LogP contribution in [0.5, 0.6) is 0 Å². The molecule has 0 aromatic rings. The van der Waals surface area contributed by atoms with Gasteiger partial charge in [-0.3, -0.25) is 4.79 Å². The zero-order valence-electron chi connectivity index (χ0n) is 16.3. The summed E-state index contributed by atoms with van der Waals surface area (Å²) in [7, 11) is 0. The minimum absolute atomic E-state index is 0.146. The molecule has 1 unspecified atom stereocenters. The molecule has 4 rings (SSSR count). The molecule has 0 radical (unpaired) electrons. The summed E-state index contributed by atoms with van der Waals surface area (Å²) in [5, 5.41) is 0. The fourth-order valence-corrected chi connectivity index (χ4v) is 5.82. The predicted octanol–water partition coefficient (Wildman–Crippen LogP) is 2.47. The van der Waals surface area contributed by atoms with Crippen LogP contribution in [0.25, 0.3) is 0 Å². The lowest BCUT2D eigenvalue weighted by molar-refractivity contribution is -0.132. The van der Waals surface area contributed by atoms with E-state index in [1.807, 2.05) is 11.8 Å². The van der Waals surface area contributed by atoms with Gasteiger partial charge in [-0.05, 0) is 52.4 Å². The summed E-state index contributed by atoms with van der Waals surface area (Å²) < 4.78 is 5.11. The first kappa shape index (κ1) is 18.1. The van der Waals surface area contributed by atoms with Crippen molar-refractivity contribution in [2.45, 2.75) is 76.9 Å². The summed E-state index contributed by atoms with van der Waals surface area (Å²) in [6.45, 7) is 8.49. The average molecular weight is 364 g/mol. The lowest BCUT2D eigenvalue weighted by atomic mass is 9.78. The lowest BCUT2D eigenvalue weighted by Crippen LogP contribution is -2.58. The van der Waals surface area contributed by atoms with E-state index in [1.54, 1.807) is 0 Å². The molecule has 26 heavy (non-hydrogen) atoms. The molecule has 4 aliphatic rings. The minimum atomic E-state index is -0.146. The van der Waals surface area contributed by atoms with Crippen LogP contribution < -0.4 is 0 Å². The van der Waals surface area contributed by atoms with Crippen LogP contribution in [0.4, 0.5) is 4.79 Å². The second kappa shape index (κ2) is 7.02. The van der Waals surface area contributed by atoms with E-state index < -0.39 is 0 Å². The molecule has 3 aliphatic heterocycles. The zero-order chi connectivity index (χ0) is 18.3. The molecule has 1 saturated carbocycles. The molecule has 4 fully saturated rings. The first-order chi connectivity index (χ1) is 12.5. The van der Waals surface area contributed by atoms with Crippen molar-refractivity contribution < 1.29 is 14.3 Å². The first-order valence-corrected chi connectivity index (χ1v) is 10.5. The van der Waals surface area contributed by atoms with E-state index in [-0.39, 0.29) is 6.09 Å². The molecule has 3 heterocycles. The van der Waals surface area contributed by atoms with Crippen LogP contribution in [-0.4, -0.2) is 77.6 Å². The van der Waals surface area contributed by atoms with Gasteiger partial charge in [0.1, 0.15) is 0 Å². The van der Waals surface area contributed by atoms with E-state index in [0.29, 0.717) is 36.1 Å². The zero-order valence-corrected chi connectivity index (χ0v) is 16.3. The number of hydrogen-bond acceptors (Lipinski definition) is 4. The number of piperidine rings is 1. The van der Waals surface area contributed by atoms with Gasteiger partial charge in [0.05, 0.1) is 6.61 Å². The smallest absolute Gasteiger partial charge is 0.409 e. The van der Waals surface area contributed by atoms with Crippen LogP contribution in [0.3, 0.4) is 0 Å². The Morgan fingerprint density at radius 1 is 1.15 bits per heavy atom. The third kappa shape index (κ3) is 3.21. The Bertz CT molecular complexity index is 553. The van der Waals surface area contributed by atoms with Gasteiger partial charge in [0.15, 0.2) is 0 Å². The predicted molar refractivity (Wildman–Crippen MR) is 98.8 cm³/mol. The van der Waals surface area contributed by atoms with E-state index in [2.05, 4.69) is 16.7 Å². The maximum atomic E-state index is 12.2. The Kier molecular flexibility index (Phi) is 4.88. The van der Waals surface area contributed by atoms with E-state index in [0.717, 1.165) is 51.9 Å². The fraction of sp³-hybridized carbons (Fsp3) is 0.900. The van der Waals surface area contributed by atoms with Crippen molar-refractivity contribution in [2.75, 3.05) is 32.8 Å². The minimum Gasteiger partial charge on any atom is -0.450 e. The van der Waals surface area contributed by atoms with Crippen molar-refractivity contribution in [2.24, 2.45) is 5.41 Å². The van der Waals surface area contributed by atoms with Crippen LogP contribution in [0.15, 0.2) is 0 Å². The van der Waals surface area contributed by atoms with Gasteiger partial charge in [-0.2, -0.15) is 0 Å². The van der Waals surface area contributed by atoms with Crippen LogP contribution in [0.1, 0.15) is 58.8 Å². The third-order valence-electron chi connectivity index (χ3n) is 7.20. The van der Waals surface area contributed by atoms with Gasteiger partial charge in [-0.15, -0.1) is 0 Å². The number of likely N-dealkylation sites (tertiary alicyclic amines) is 3. The lowest BCUT2D eigenvalue weighted by Gasteiger charge is -2.48. The van der Waals surface area contributed by atoms with Gasteiger partial charge >= 0.3 is 6.09 Å². The van der Waals surface area contributed by atoms with E-state index >= 15 is 0 Å². The second-order valence-electron chi connectivity index (χ2n) is 8.91. The number of carbonyl (C=O) groups excluding carboxylic acids is 2. The van der Waals surface area contributed by atoms with Gasteiger partial charge in [0, 0.05) is 56.1 Å². The molecule has 2 amide bonds. The monoisotopic (exact) mass is 363 g/mol. The van der Waals surface area contributed by atoms with Crippen LogP contribution in [-0.2, 0) is 9.53 Å². The molecule has 1 spiro atoms. The normalized spacial score (nSPS) is 32.3. The maximum Gasteiger partial charge on any atom is 0.409 e. The number of ether oxygens (including phenoxy) is 1. The maximum absolute atomic E-state index is 12.2. The van der Waals surface area contributed by atoms with E-state index in [1.165, 1.54) is 19.3 Å². The topological polar surface area (TPSA) is 53.1 Å². The molecule has 6 nitrogen and oxygen atoms in total. The third-order valence-corrected chi connectivity index (χ3v) is 7.20. The largest absolute Gasteiger partial charge is 0.450 e. The highest BCUT2D eigenvalue weighted by atomic mass is 16.6. The van der Waals surface area contributed by atoms with E-state index in [4.69, 9.17) is 4.74 Å². The van der Waals surface area contributed by atoms with Crippen LogP contribution >= 0.6 is 0 Å². The summed E-state index contributed by atoms with van der Waals surface area (Å²) >= 11 is 0. The highest BCUT2D eigenvalue weighted by Gasteiger charge is 2.51. The van der Waals surface area contributed by atoms with Gasteiger partial charge in [0.25, 0.3) is 0 Å². The van der Waals surface area contributed by atoms with Crippen molar-refractivity contribution in [3.05, 3.63) is 0 Å². The molecule has 0 bridgehead atoms. The first-order valence-electron chi connectivity index (χ1n) is 10.5. The number of rotatable bonds is 3. The molecule has 2 atom stereocenters. The van der Waals surface area contributed by atoms with Crippen molar-refractivity contribution in [3.8, 4) is 0 Å². The molecule has 0 N–H and O–H groups in total. The molecule has 3 saturated heterocycles. The van der Waals surface area contributed by atoms with Crippen molar-refractivity contribution >= 4 is 12.0 Å². The molecular formula is C20H33N3O3. The molecule has 146 valence electrons. The number of nitrogens with zero attached hydrogens (tertiary/aromatic N) is 3. The average Bonchev–Trinajstić information content (AvgIpc) is 3.18. The summed E-state index contributed by atoms with van der Waals surface area (Å²) in [5.74, 6) is 0.365. The number of carbonyl (C=O) groups is 2. The fourth-order valence-electron chi connectivity index (χ4n) is 5.82. The Balaban J connectivity index is 1.25. The Morgan fingerprint density at radius 3 is 2.50 bits per heavy atom. The Hall–Kier alpha value is -1.30. The summed E-state index contributed by atoms with van der Waals surface area (Å²) in [4.78, 5) is 30.7. The van der Waals surface area contributed by atoms with Crippen molar-refractivity contribution in [1.29, 1.82) is 0 Å². The summed E-state index contributed by atoms with van der Waals surface area (Å²) in [5.41, 5.74) is 0.341. The van der Waals surface area contributed by atoms with Crippen LogP contribution in [0.2, 0.25) is 0 Å². The van der Waals surface area contributed by atoms with Gasteiger partial charge < -0.3 is 19.4 Å².